The van der Waals surface area contributed by atoms with Crippen molar-refractivity contribution in [3.63, 3.8) is 0 Å². The number of hydrogen-bond acceptors (Lipinski definition) is 4. The normalized spacial score (nSPS) is 19.0. The fourth-order valence-corrected chi connectivity index (χ4v) is 3.64. The highest BCUT2D eigenvalue weighted by Crippen LogP contribution is 2.41. The molecule has 136 valence electrons. The lowest BCUT2D eigenvalue weighted by Crippen LogP contribution is -2.29. The zero-order chi connectivity index (χ0) is 18.8. The maximum absolute atomic E-state index is 11.2. The molecule has 7 heteroatoms. The molecule has 0 spiro atoms. The van der Waals surface area contributed by atoms with Crippen LogP contribution in [0.2, 0.25) is 0 Å². The van der Waals surface area contributed by atoms with Crippen molar-refractivity contribution in [1.29, 1.82) is 0 Å². The predicted molar refractivity (Wildman–Crippen MR) is 107 cm³/mol. The van der Waals surface area contributed by atoms with Crippen molar-refractivity contribution in [2.24, 2.45) is 0 Å². The summed E-state index contributed by atoms with van der Waals surface area (Å²) in [5.41, 5.74) is 2.53. The number of carbonyl (C=O) groups is 1. The van der Waals surface area contributed by atoms with E-state index in [9.17, 15) is 4.79 Å². The van der Waals surface area contributed by atoms with Gasteiger partial charge in [0.25, 0.3) is 0 Å². The van der Waals surface area contributed by atoms with Gasteiger partial charge in [0.1, 0.15) is 11.8 Å². The zero-order valence-corrected chi connectivity index (χ0v) is 15.4. The molecule has 27 heavy (non-hydrogen) atoms. The highest BCUT2D eigenvalue weighted by molar-refractivity contribution is 7.80. The number of rotatable bonds is 4. The van der Waals surface area contributed by atoms with Crippen LogP contribution in [0.15, 0.2) is 71.5 Å². The fourth-order valence-electron chi connectivity index (χ4n) is 3.29. The first-order chi connectivity index (χ1) is 13.1. The summed E-state index contributed by atoms with van der Waals surface area (Å²) in [5.74, 6) is 0.689. The molecule has 3 aromatic rings. The summed E-state index contributed by atoms with van der Waals surface area (Å²) in [6.45, 7) is 1.48. The third kappa shape index (κ3) is 3.41. The van der Waals surface area contributed by atoms with E-state index in [0.717, 1.165) is 22.8 Å². The maximum Gasteiger partial charge on any atom is 0.221 e. The van der Waals surface area contributed by atoms with Crippen molar-refractivity contribution in [1.82, 2.24) is 10.3 Å². The number of amides is 1. The van der Waals surface area contributed by atoms with Crippen LogP contribution in [0.25, 0.3) is 0 Å². The first kappa shape index (κ1) is 17.2. The van der Waals surface area contributed by atoms with Gasteiger partial charge in [-0.2, -0.15) is 0 Å². The van der Waals surface area contributed by atoms with E-state index < -0.39 is 0 Å². The molecule has 6 nitrogen and oxygen atoms in total. The quantitative estimate of drug-likeness (QED) is 0.673. The van der Waals surface area contributed by atoms with Crippen LogP contribution in [0.1, 0.15) is 30.5 Å². The van der Waals surface area contributed by atoms with Crippen LogP contribution in [-0.2, 0) is 4.79 Å². The molecule has 3 heterocycles. The third-order valence-electron chi connectivity index (χ3n) is 4.40. The number of aromatic nitrogens is 1. The van der Waals surface area contributed by atoms with Crippen LogP contribution in [0.4, 0.5) is 11.4 Å². The van der Waals surface area contributed by atoms with Gasteiger partial charge in [0.15, 0.2) is 5.11 Å². The zero-order valence-electron chi connectivity index (χ0n) is 14.6. The molecule has 1 aromatic carbocycles. The second-order valence-electron chi connectivity index (χ2n) is 6.24. The second kappa shape index (κ2) is 7.20. The van der Waals surface area contributed by atoms with Gasteiger partial charge in [-0.05, 0) is 60.7 Å². The lowest BCUT2D eigenvalue weighted by atomic mass is 10.0. The molecule has 0 radical (unpaired) electrons. The van der Waals surface area contributed by atoms with Gasteiger partial charge in [-0.1, -0.05) is 6.07 Å². The summed E-state index contributed by atoms with van der Waals surface area (Å²) in [7, 11) is 0. The van der Waals surface area contributed by atoms with Crippen LogP contribution in [-0.4, -0.2) is 16.0 Å². The maximum atomic E-state index is 11.2. The predicted octanol–water partition coefficient (Wildman–Crippen LogP) is 3.81. The highest BCUT2D eigenvalue weighted by atomic mass is 32.1. The van der Waals surface area contributed by atoms with E-state index in [1.807, 2.05) is 59.5 Å². The average Bonchev–Trinajstić information content (AvgIpc) is 3.30. The number of carbonyl (C=O) groups excluding carboxylic acids is 1. The summed E-state index contributed by atoms with van der Waals surface area (Å²) in [5, 5.41) is 6.74. The van der Waals surface area contributed by atoms with Gasteiger partial charge >= 0.3 is 0 Å². The molecule has 2 atom stereocenters. The fraction of sp³-hybridized carbons (Fsp3) is 0.150. The lowest BCUT2D eigenvalue weighted by Gasteiger charge is -2.26. The Balaban J connectivity index is 1.72. The molecule has 0 bridgehead atoms. The summed E-state index contributed by atoms with van der Waals surface area (Å²) in [4.78, 5) is 17.8. The molecule has 2 N–H and O–H groups in total. The van der Waals surface area contributed by atoms with Gasteiger partial charge in [0.2, 0.25) is 5.91 Å². The molecule has 1 aliphatic rings. The first-order valence-corrected chi connectivity index (χ1v) is 8.96. The first-order valence-electron chi connectivity index (χ1n) is 8.55. The number of furan rings is 1. The lowest BCUT2D eigenvalue weighted by molar-refractivity contribution is -0.114. The molecule has 1 amide bonds. The molecule has 2 aromatic heterocycles. The largest absolute Gasteiger partial charge is 0.467 e. The van der Waals surface area contributed by atoms with Gasteiger partial charge < -0.3 is 20.0 Å². The van der Waals surface area contributed by atoms with Gasteiger partial charge in [0.05, 0.1) is 18.0 Å². The van der Waals surface area contributed by atoms with Crippen molar-refractivity contribution in [3.8, 4) is 0 Å². The van der Waals surface area contributed by atoms with Crippen molar-refractivity contribution in [2.45, 2.75) is 19.0 Å². The van der Waals surface area contributed by atoms with Crippen LogP contribution in [0.5, 0.6) is 0 Å². The highest BCUT2D eigenvalue weighted by Gasteiger charge is 2.42. The third-order valence-corrected chi connectivity index (χ3v) is 4.71. The monoisotopic (exact) mass is 378 g/mol. The van der Waals surface area contributed by atoms with E-state index in [1.165, 1.54) is 6.92 Å². The molecule has 1 fully saturated rings. The number of thiocarbonyl (C=S) groups is 1. The van der Waals surface area contributed by atoms with Gasteiger partial charge in [-0.15, -0.1) is 0 Å². The minimum absolute atomic E-state index is 0.107. The second-order valence-corrected chi connectivity index (χ2v) is 6.63. The van der Waals surface area contributed by atoms with Gasteiger partial charge in [0, 0.05) is 24.5 Å². The molecule has 0 unspecified atom stereocenters. The van der Waals surface area contributed by atoms with Gasteiger partial charge in [-0.3, -0.25) is 9.78 Å². The summed E-state index contributed by atoms with van der Waals surface area (Å²) >= 11 is 5.63. The molecule has 4 rings (SSSR count). The Morgan fingerprint density at radius 3 is 2.63 bits per heavy atom. The summed E-state index contributed by atoms with van der Waals surface area (Å²) in [6, 6.07) is 16.9. The molecule has 1 saturated heterocycles. The number of anilines is 2. The van der Waals surface area contributed by atoms with E-state index in [1.54, 1.807) is 12.5 Å². The minimum atomic E-state index is -0.172. The number of pyridine rings is 1. The molecular formula is C20H18N4O2S. The van der Waals surface area contributed by atoms with Crippen LogP contribution in [0, 0.1) is 0 Å². The molecule has 1 aliphatic heterocycles. The number of nitrogens with one attached hydrogen (secondary N) is 2. The van der Waals surface area contributed by atoms with E-state index in [-0.39, 0.29) is 18.0 Å². The van der Waals surface area contributed by atoms with E-state index in [0.29, 0.717) is 5.11 Å². The Bertz CT molecular complexity index is 942. The molecular weight excluding hydrogens is 360 g/mol. The van der Waals surface area contributed by atoms with E-state index in [2.05, 4.69) is 15.6 Å². The van der Waals surface area contributed by atoms with Crippen molar-refractivity contribution < 1.29 is 9.21 Å². The van der Waals surface area contributed by atoms with Crippen LogP contribution in [0.3, 0.4) is 0 Å². The van der Waals surface area contributed by atoms with Crippen molar-refractivity contribution in [3.05, 3.63) is 78.5 Å². The molecule has 0 aliphatic carbocycles. The average molecular weight is 378 g/mol. The SMILES string of the molecule is CC(=O)Nc1ccc(N2C(=S)N[C@@H](c3ccccn3)[C@@H]2c2ccco2)cc1. The molecule has 0 saturated carbocycles. The van der Waals surface area contributed by atoms with Crippen LogP contribution >= 0.6 is 12.2 Å². The van der Waals surface area contributed by atoms with Gasteiger partial charge in [-0.25, -0.2) is 0 Å². The number of benzene rings is 1. The number of hydrogen-bond donors (Lipinski definition) is 2. The Labute approximate surface area is 162 Å². The van der Waals surface area contributed by atoms with E-state index >= 15 is 0 Å². The topological polar surface area (TPSA) is 70.4 Å². The minimum Gasteiger partial charge on any atom is -0.467 e. The Kier molecular flexibility index (Phi) is 4.60. The number of nitrogens with zero attached hydrogens (tertiary/aromatic N) is 2. The Morgan fingerprint density at radius 2 is 2.00 bits per heavy atom. The Morgan fingerprint density at radius 1 is 1.19 bits per heavy atom. The van der Waals surface area contributed by atoms with E-state index in [4.69, 9.17) is 16.6 Å². The van der Waals surface area contributed by atoms with Crippen LogP contribution < -0.4 is 15.5 Å². The summed E-state index contributed by atoms with van der Waals surface area (Å²) < 4.78 is 5.72. The smallest absolute Gasteiger partial charge is 0.221 e. The van der Waals surface area contributed by atoms with Crippen molar-refractivity contribution in [2.75, 3.05) is 10.2 Å². The van der Waals surface area contributed by atoms with Crippen molar-refractivity contribution >= 4 is 34.6 Å². The Hall–Kier alpha value is -3.19. The standard InChI is InChI=1S/C20H18N4O2S/c1-13(25)22-14-7-9-15(10-8-14)24-19(17-6-4-12-26-17)18(23-20(24)27)16-5-2-3-11-21-16/h2-12,18-19H,1H3,(H,22,25)(H,23,27)/t18-,19-/m0/s1. The summed E-state index contributed by atoms with van der Waals surface area (Å²) in [6.07, 6.45) is 3.42.